The largest absolute Gasteiger partial charge is 0.307 e. The van der Waals surface area contributed by atoms with E-state index in [0.29, 0.717) is 11.6 Å². The van der Waals surface area contributed by atoms with Gasteiger partial charge in [-0.1, -0.05) is 29.9 Å². The maximum Gasteiger partial charge on any atom is 0.0574 e. The summed E-state index contributed by atoms with van der Waals surface area (Å²) in [6.45, 7) is 17.7. The quantitative estimate of drug-likeness (QED) is 0.459. The second kappa shape index (κ2) is 7.45. The zero-order valence-corrected chi connectivity index (χ0v) is 17.1. The maximum atomic E-state index is 8.39. The number of hydrogen-bond donors (Lipinski definition) is 2. The first-order valence-electron chi connectivity index (χ1n) is 9.58. The van der Waals surface area contributed by atoms with Gasteiger partial charge in [0.15, 0.2) is 0 Å². The van der Waals surface area contributed by atoms with E-state index in [2.05, 4.69) is 65.6 Å². The molecule has 2 N–H and O–H groups in total. The summed E-state index contributed by atoms with van der Waals surface area (Å²) in [5, 5.41) is 12.1. The van der Waals surface area contributed by atoms with Crippen LogP contribution in [0.1, 0.15) is 73.6 Å². The molecule has 1 heterocycles. The van der Waals surface area contributed by atoms with Crippen molar-refractivity contribution < 1.29 is 0 Å². The zero-order chi connectivity index (χ0) is 18.8. The van der Waals surface area contributed by atoms with Gasteiger partial charge >= 0.3 is 0 Å². The fourth-order valence-corrected chi connectivity index (χ4v) is 4.81. The highest BCUT2D eigenvalue weighted by Gasteiger charge is 2.37. The molecule has 2 heteroatoms. The van der Waals surface area contributed by atoms with Crippen LogP contribution in [0.5, 0.6) is 0 Å². The van der Waals surface area contributed by atoms with Gasteiger partial charge in [-0.3, -0.25) is 0 Å². The Morgan fingerprint density at radius 2 is 1.76 bits per heavy atom. The minimum Gasteiger partial charge on any atom is -0.307 e. The minimum atomic E-state index is 0.178. The van der Waals surface area contributed by atoms with Crippen molar-refractivity contribution in [1.29, 1.82) is 5.41 Å². The first-order chi connectivity index (χ1) is 11.5. The molecule has 1 aliphatic heterocycles. The van der Waals surface area contributed by atoms with Crippen LogP contribution >= 0.6 is 0 Å². The Balaban J connectivity index is 1.97. The molecule has 0 aromatic heterocycles. The second-order valence-corrected chi connectivity index (χ2v) is 9.43. The van der Waals surface area contributed by atoms with Gasteiger partial charge < -0.3 is 10.7 Å². The Morgan fingerprint density at radius 1 is 1.16 bits per heavy atom. The lowest BCUT2D eigenvalue weighted by Gasteiger charge is -2.46. The molecule has 2 nitrogen and oxygen atoms in total. The van der Waals surface area contributed by atoms with Crippen molar-refractivity contribution in [2.45, 2.75) is 84.7 Å². The highest BCUT2D eigenvalue weighted by molar-refractivity contribution is 6.07. The molecule has 0 aromatic rings. The normalized spacial score (nSPS) is 23.7. The van der Waals surface area contributed by atoms with Crippen molar-refractivity contribution in [3.63, 3.8) is 0 Å². The number of hydrogen-bond acceptors (Lipinski definition) is 2. The van der Waals surface area contributed by atoms with Crippen molar-refractivity contribution >= 4 is 5.71 Å². The van der Waals surface area contributed by atoms with Gasteiger partial charge in [-0.15, -0.1) is 0 Å². The van der Waals surface area contributed by atoms with Crippen LogP contribution in [0.25, 0.3) is 0 Å². The van der Waals surface area contributed by atoms with Gasteiger partial charge in [0.05, 0.1) is 5.71 Å². The standard InChI is InChI=1S/C23H36N2/c1-16-8-10-20(18(3)12-16)21(24)11-9-17(2)13-19-14-22(4,5)25-23(6,7)15-19/h9,11-12,19,24-25H,2,8,10,13-15H2,1,3-7H3/b11-9-,24-21?. The lowest BCUT2D eigenvalue weighted by atomic mass is 9.74. The maximum absolute atomic E-state index is 8.39. The Labute approximate surface area is 154 Å². The summed E-state index contributed by atoms with van der Waals surface area (Å²) in [4.78, 5) is 0. The van der Waals surface area contributed by atoms with Crippen LogP contribution in [-0.2, 0) is 0 Å². The van der Waals surface area contributed by atoms with Crippen LogP contribution in [0.4, 0.5) is 0 Å². The van der Waals surface area contributed by atoms with Crippen molar-refractivity contribution in [3.8, 4) is 0 Å². The number of rotatable bonds is 5. The summed E-state index contributed by atoms with van der Waals surface area (Å²) >= 11 is 0. The molecule has 0 amide bonds. The predicted octanol–water partition coefficient (Wildman–Crippen LogP) is 6.12. The molecule has 138 valence electrons. The molecule has 0 spiro atoms. The summed E-state index contributed by atoms with van der Waals surface area (Å²) in [6, 6.07) is 0. The molecule has 0 radical (unpaired) electrons. The lowest BCUT2D eigenvalue weighted by Crippen LogP contribution is -2.57. The molecule has 2 aliphatic rings. The van der Waals surface area contributed by atoms with Crippen LogP contribution in [-0.4, -0.2) is 16.8 Å². The van der Waals surface area contributed by atoms with E-state index < -0.39 is 0 Å². The molecule has 25 heavy (non-hydrogen) atoms. The molecule has 2 rings (SSSR count). The van der Waals surface area contributed by atoms with E-state index in [1.165, 1.54) is 29.6 Å². The summed E-state index contributed by atoms with van der Waals surface area (Å²) in [5.74, 6) is 0.652. The summed E-state index contributed by atoms with van der Waals surface area (Å²) in [5.41, 5.74) is 5.98. The summed E-state index contributed by atoms with van der Waals surface area (Å²) in [7, 11) is 0. The third kappa shape index (κ3) is 5.81. The average Bonchev–Trinajstić information content (AvgIpc) is 2.41. The first kappa shape index (κ1) is 19.9. The van der Waals surface area contributed by atoms with Crippen LogP contribution in [0, 0.1) is 11.3 Å². The van der Waals surface area contributed by atoms with E-state index >= 15 is 0 Å². The van der Waals surface area contributed by atoms with Gasteiger partial charge in [0.25, 0.3) is 0 Å². The Kier molecular flexibility index (Phi) is 5.93. The molecule has 1 aliphatic carbocycles. The molecule has 0 bridgehead atoms. The highest BCUT2D eigenvalue weighted by atomic mass is 15.0. The molecule has 0 unspecified atom stereocenters. The van der Waals surface area contributed by atoms with Gasteiger partial charge in [0.2, 0.25) is 0 Å². The fraction of sp³-hybridized carbons (Fsp3) is 0.609. The zero-order valence-electron chi connectivity index (χ0n) is 17.1. The van der Waals surface area contributed by atoms with Gasteiger partial charge in [0, 0.05) is 11.1 Å². The van der Waals surface area contributed by atoms with E-state index in [0.717, 1.165) is 24.8 Å². The van der Waals surface area contributed by atoms with E-state index in [-0.39, 0.29) is 11.1 Å². The van der Waals surface area contributed by atoms with E-state index in [1.54, 1.807) is 0 Å². The Bertz CT molecular complexity index is 625. The van der Waals surface area contributed by atoms with Gasteiger partial charge in [-0.25, -0.2) is 0 Å². The van der Waals surface area contributed by atoms with Gasteiger partial charge in [0.1, 0.15) is 0 Å². The lowest BCUT2D eigenvalue weighted by molar-refractivity contribution is 0.129. The molecule has 1 fully saturated rings. The predicted molar refractivity (Wildman–Crippen MR) is 110 cm³/mol. The smallest absolute Gasteiger partial charge is 0.0574 e. The van der Waals surface area contributed by atoms with Crippen molar-refractivity contribution in [3.05, 3.63) is 47.1 Å². The SMILES string of the molecule is C=C(/C=C\C(=N)C1=C(C)C=C(C)CC1)CC1CC(C)(C)NC(C)(C)C1. The Morgan fingerprint density at radius 3 is 2.32 bits per heavy atom. The highest BCUT2D eigenvalue weighted by Crippen LogP contribution is 2.36. The number of nitrogens with one attached hydrogen (secondary N) is 2. The first-order valence-corrected chi connectivity index (χ1v) is 9.58. The van der Waals surface area contributed by atoms with Gasteiger partial charge in [-0.2, -0.15) is 0 Å². The fourth-order valence-electron chi connectivity index (χ4n) is 4.81. The van der Waals surface area contributed by atoms with Crippen LogP contribution < -0.4 is 5.32 Å². The van der Waals surface area contributed by atoms with E-state index in [4.69, 9.17) is 5.41 Å². The van der Waals surface area contributed by atoms with Crippen molar-refractivity contribution in [1.82, 2.24) is 5.32 Å². The summed E-state index contributed by atoms with van der Waals surface area (Å²) in [6.07, 6.45) is 11.7. The van der Waals surface area contributed by atoms with E-state index in [1.807, 2.05) is 6.08 Å². The van der Waals surface area contributed by atoms with Crippen LogP contribution in [0.3, 0.4) is 0 Å². The average molecular weight is 341 g/mol. The van der Waals surface area contributed by atoms with E-state index in [9.17, 15) is 0 Å². The Hall–Kier alpha value is -1.41. The third-order valence-corrected chi connectivity index (χ3v) is 5.34. The third-order valence-electron chi connectivity index (χ3n) is 5.34. The number of allylic oxidation sites excluding steroid dienone is 7. The molecule has 0 atom stereocenters. The molecule has 0 saturated carbocycles. The number of piperidine rings is 1. The molecular formula is C23H36N2. The summed E-state index contributed by atoms with van der Waals surface area (Å²) < 4.78 is 0. The molecular weight excluding hydrogens is 304 g/mol. The van der Waals surface area contributed by atoms with Crippen molar-refractivity contribution in [2.75, 3.05) is 0 Å². The minimum absolute atomic E-state index is 0.178. The monoisotopic (exact) mass is 340 g/mol. The topological polar surface area (TPSA) is 35.9 Å². The van der Waals surface area contributed by atoms with Gasteiger partial charge in [-0.05, 0) is 96.8 Å². The second-order valence-electron chi connectivity index (χ2n) is 9.43. The molecule has 0 aromatic carbocycles. The molecule has 1 saturated heterocycles. The van der Waals surface area contributed by atoms with Crippen molar-refractivity contribution in [2.24, 2.45) is 5.92 Å². The van der Waals surface area contributed by atoms with Crippen LogP contribution in [0.2, 0.25) is 0 Å². The van der Waals surface area contributed by atoms with Crippen LogP contribution in [0.15, 0.2) is 47.1 Å².